The maximum Gasteiger partial charge on any atom is 0.380 e. The van der Waals surface area contributed by atoms with Crippen LogP contribution in [-0.2, 0) is 40.2 Å². The number of rotatable bonds is 12. The van der Waals surface area contributed by atoms with Gasteiger partial charge in [0.2, 0.25) is 0 Å². The molecule has 2 aromatic heterocycles. The lowest BCUT2D eigenvalue weighted by Crippen LogP contribution is -2.57. The Morgan fingerprint density at radius 1 is 0.712 bits per heavy atom. The van der Waals surface area contributed by atoms with Crippen LogP contribution in [0.3, 0.4) is 0 Å². The third-order valence-corrected chi connectivity index (χ3v) is 12.4. The lowest BCUT2D eigenvalue weighted by atomic mass is 9.93. The fourth-order valence-electron chi connectivity index (χ4n) is 9.04. The van der Waals surface area contributed by atoms with Gasteiger partial charge in [0.1, 0.15) is 23.1 Å². The summed E-state index contributed by atoms with van der Waals surface area (Å²) in [6.45, 7) is 7.95. The average molecular weight is 995 g/mol. The van der Waals surface area contributed by atoms with Crippen LogP contribution in [0.2, 0.25) is 0 Å². The average Bonchev–Trinajstić information content (AvgIpc) is 4.21. The van der Waals surface area contributed by atoms with Gasteiger partial charge in [-0.15, -0.1) is 0 Å². The minimum absolute atomic E-state index is 0.0780. The zero-order valence-corrected chi connectivity index (χ0v) is 40.9. The molecule has 4 aliphatic heterocycles. The second-order valence-electron chi connectivity index (χ2n) is 17.2. The first-order chi connectivity index (χ1) is 35.3. The highest BCUT2D eigenvalue weighted by Gasteiger charge is 2.59. The molecule has 4 aliphatic rings. The number of aliphatic hydroxyl groups excluding tert-OH is 1. The number of esters is 2. The van der Waals surface area contributed by atoms with E-state index in [0.717, 1.165) is 39.5 Å². The molecule has 10 rings (SSSR count). The molecule has 1 fully saturated rings. The van der Waals surface area contributed by atoms with Crippen molar-refractivity contribution >= 4 is 35.8 Å². The maximum atomic E-state index is 13.7. The number of benzene rings is 4. The van der Waals surface area contributed by atoms with E-state index in [0.29, 0.717) is 52.8 Å². The van der Waals surface area contributed by atoms with E-state index >= 15 is 0 Å². The molecule has 1 N–H and O–H groups in total. The third-order valence-electron chi connectivity index (χ3n) is 12.4. The number of carbonyl (C=O) groups excluding carboxylic acids is 2. The van der Waals surface area contributed by atoms with E-state index in [1.807, 2.05) is 96.1 Å². The predicted molar refractivity (Wildman–Crippen MR) is 265 cm³/mol. The van der Waals surface area contributed by atoms with E-state index in [2.05, 4.69) is 20.3 Å². The van der Waals surface area contributed by atoms with Gasteiger partial charge >= 0.3 is 23.4 Å². The molecule has 4 aromatic carbocycles. The lowest BCUT2D eigenvalue weighted by Gasteiger charge is -2.39. The number of hydrogen-bond acceptors (Lipinski definition) is 15. The topological polar surface area (TPSA) is 177 Å². The Hall–Kier alpha value is -8.58. The Kier molecular flexibility index (Phi) is 14.0. The number of fused-ring (bicyclic) bond motifs is 2. The summed E-state index contributed by atoms with van der Waals surface area (Å²) in [6, 6.07) is 22.5. The van der Waals surface area contributed by atoms with Crippen molar-refractivity contribution in [2.75, 3.05) is 40.5 Å². The molecule has 6 heterocycles. The zero-order chi connectivity index (χ0) is 51.4. The number of methoxy groups -OCH3 is 2. The minimum atomic E-state index is -1.78. The number of piperidine rings is 1. The van der Waals surface area contributed by atoms with Crippen molar-refractivity contribution in [2.24, 2.45) is 10.3 Å². The number of oxime groups is 2. The summed E-state index contributed by atoms with van der Waals surface area (Å²) in [5.74, 6) is -0.00292. The normalized spacial score (nSPS) is 20.8. The zero-order valence-electron chi connectivity index (χ0n) is 40.9. The molecule has 73 heavy (non-hydrogen) atoms. The molecule has 3 atom stereocenters. The molecule has 0 unspecified atom stereocenters. The van der Waals surface area contributed by atoms with Crippen LogP contribution in [0.4, 0.5) is 8.78 Å². The Balaban J connectivity index is 0.000000180. The number of aryl methyl sites for hydroxylation is 2. The number of amidine groups is 2. The molecule has 1 saturated heterocycles. The number of nitrogens with zero attached hydrogens (tertiary/aromatic N) is 8. The Morgan fingerprint density at radius 3 is 1.68 bits per heavy atom. The number of aromatic nitrogens is 4. The molecule has 17 nitrogen and oxygen atoms in total. The number of hydrogen-bond donors (Lipinski definition) is 1. The fraction of sp³-hybridized carbons (Fsp3) is 0.259. The fourth-order valence-corrected chi connectivity index (χ4v) is 9.04. The van der Waals surface area contributed by atoms with Crippen LogP contribution >= 0.6 is 0 Å². The lowest BCUT2D eigenvalue weighted by molar-refractivity contribution is -0.191. The molecule has 0 saturated carbocycles. The molecule has 376 valence electrons. The van der Waals surface area contributed by atoms with Crippen LogP contribution in [0.25, 0.3) is 23.5 Å². The van der Waals surface area contributed by atoms with E-state index in [1.165, 1.54) is 48.5 Å². The van der Waals surface area contributed by atoms with E-state index in [-0.39, 0.29) is 19.8 Å². The molecule has 6 aromatic rings. The van der Waals surface area contributed by atoms with E-state index in [9.17, 15) is 23.5 Å². The molecular weight excluding hydrogens is 943 g/mol. The van der Waals surface area contributed by atoms with Gasteiger partial charge in [0.15, 0.2) is 11.7 Å². The first kappa shape index (κ1) is 49.4. The first-order valence-electron chi connectivity index (χ1n) is 23.4. The molecule has 0 bridgehead atoms. The Morgan fingerprint density at radius 2 is 1.21 bits per heavy atom. The van der Waals surface area contributed by atoms with Gasteiger partial charge in [0.05, 0.1) is 75.5 Å². The smallest absolute Gasteiger partial charge is 0.380 e. The number of imidazole rings is 2. The van der Waals surface area contributed by atoms with Crippen molar-refractivity contribution in [2.45, 2.75) is 51.7 Å². The molecule has 0 radical (unpaired) electrons. The van der Waals surface area contributed by atoms with E-state index < -0.39 is 41.1 Å². The molecule has 19 heteroatoms. The van der Waals surface area contributed by atoms with Crippen molar-refractivity contribution in [1.29, 1.82) is 0 Å². The minimum Gasteiger partial charge on any atom is -0.495 e. The van der Waals surface area contributed by atoms with Gasteiger partial charge in [0, 0.05) is 47.6 Å². The van der Waals surface area contributed by atoms with Crippen molar-refractivity contribution in [3.63, 3.8) is 0 Å². The number of halogens is 2. The van der Waals surface area contributed by atoms with Crippen LogP contribution in [-0.4, -0.2) is 104 Å². The van der Waals surface area contributed by atoms with Gasteiger partial charge in [-0.25, -0.2) is 28.3 Å². The van der Waals surface area contributed by atoms with Crippen LogP contribution in [0, 0.1) is 25.5 Å². The highest BCUT2D eigenvalue weighted by molar-refractivity contribution is 6.08. The second-order valence-corrected chi connectivity index (χ2v) is 17.2. The van der Waals surface area contributed by atoms with Crippen molar-refractivity contribution in [3.05, 3.63) is 179 Å². The van der Waals surface area contributed by atoms with Gasteiger partial charge < -0.3 is 42.9 Å². The largest absolute Gasteiger partial charge is 0.495 e. The second kappa shape index (κ2) is 20.6. The summed E-state index contributed by atoms with van der Waals surface area (Å²) >= 11 is 0. The molecule has 0 amide bonds. The summed E-state index contributed by atoms with van der Waals surface area (Å²) in [5.41, 5.74) is 3.91. The van der Waals surface area contributed by atoms with Crippen molar-refractivity contribution in [3.8, 4) is 22.9 Å². The summed E-state index contributed by atoms with van der Waals surface area (Å²) in [7, 11) is 3.21. The van der Waals surface area contributed by atoms with Gasteiger partial charge in [-0.2, -0.15) is 0 Å². The van der Waals surface area contributed by atoms with Crippen LogP contribution in [0.15, 0.2) is 144 Å². The molecule has 0 aliphatic carbocycles. The molecular formula is C54H52F2N8O9. The van der Waals surface area contributed by atoms with Gasteiger partial charge in [-0.3, -0.25) is 9.80 Å². The SMILES string of the molecule is CCOC(=O)[C@]1(c2ccc(F)cc2)ON=C2/C(=C/c3ccc(-n4cnc(C)c4)c(OC)c3)C=CCN21.CCOC(=O)[C@]1(c2ccc(F)cc2)ON=C2/C(=C/c3ccc(-n4cnc(C)c4)c(OC)c3)C[C@@H](O)CN21. The first-order valence-corrected chi connectivity index (χ1v) is 23.4. The van der Waals surface area contributed by atoms with Gasteiger partial charge in [-0.1, -0.05) is 34.6 Å². The third kappa shape index (κ3) is 9.41. The Labute approximate surface area is 419 Å². The Bertz CT molecular complexity index is 3200. The standard InChI is InChI=1S/C27H27FN4O5.C27H25FN4O4/c1-4-36-26(34)27(20-6-8-21(28)9-7-20)32-15-22(33)13-19(25(32)30-37-27)11-18-5-10-23(24(12-18)35-3)31-14-17(2)29-16-31;1-4-35-26(33)27(21-8-10-22(28)11-9-21)32-13-5-6-20(25(32)30-36-27)14-19-7-12-23(24(15-19)34-3)31-16-18(2)29-17-31/h5-12,14,16,22,33H,4,13,15H2,1-3H3;5-12,14-17H,4,13H2,1-3H3/b19-11+;20-14+/t22-,27+;27-/m10/s1. The number of carbonyl (C=O) groups is 2. The number of ether oxygens (including phenoxy) is 4. The van der Waals surface area contributed by atoms with Crippen LogP contribution in [0.5, 0.6) is 11.5 Å². The van der Waals surface area contributed by atoms with Gasteiger partial charge in [0.25, 0.3) is 0 Å². The summed E-state index contributed by atoms with van der Waals surface area (Å²) in [4.78, 5) is 49.9. The summed E-state index contributed by atoms with van der Waals surface area (Å²) in [6.07, 6.45) is 14.4. The quantitative estimate of drug-likeness (QED) is 0.117. The van der Waals surface area contributed by atoms with Crippen molar-refractivity contribution in [1.82, 2.24) is 28.9 Å². The van der Waals surface area contributed by atoms with Crippen molar-refractivity contribution < 1.29 is 52.1 Å². The summed E-state index contributed by atoms with van der Waals surface area (Å²) in [5, 5.41) is 19.3. The van der Waals surface area contributed by atoms with Crippen LogP contribution < -0.4 is 9.47 Å². The predicted octanol–water partition coefficient (Wildman–Crippen LogP) is 7.88. The van der Waals surface area contributed by atoms with E-state index in [4.69, 9.17) is 28.6 Å². The highest BCUT2D eigenvalue weighted by Crippen LogP contribution is 2.43. The van der Waals surface area contributed by atoms with E-state index in [1.54, 1.807) is 50.5 Å². The van der Waals surface area contributed by atoms with Crippen LogP contribution in [0.1, 0.15) is 53.9 Å². The number of aliphatic hydroxyl groups is 1. The monoisotopic (exact) mass is 994 g/mol. The highest BCUT2D eigenvalue weighted by atomic mass is 19.1. The maximum absolute atomic E-state index is 13.7. The molecule has 0 spiro atoms. The summed E-state index contributed by atoms with van der Waals surface area (Å²) < 4.78 is 53.1. The van der Waals surface area contributed by atoms with Gasteiger partial charge in [-0.05, 0) is 124 Å².